The second-order valence-electron chi connectivity index (χ2n) is 4.01. The molecule has 2 rings (SSSR count). The second-order valence-corrected chi connectivity index (χ2v) is 5.75. The van der Waals surface area contributed by atoms with Crippen molar-refractivity contribution in [1.29, 1.82) is 0 Å². The number of phenolic OH excluding ortho intramolecular Hbond substituents is 2. The van der Waals surface area contributed by atoms with Crippen molar-refractivity contribution in [1.82, 2.24) is 5.32 Å². The Hall–Kier alpha value is -1.72. The topological polar surface area (TPSA) is 69.6 Å². The molecule has 0 fully saturated rings. The SMILES string of the molecule is CC(NC(=O)c1c(O)cccc1O)c1ccc(Cl)s1. The fourth-order valence-electron chi connectivity index (χ4n) is 1.66. The molecule has 0 saturated carbocycles. The first kappa shape index (κ1) is 13.7. The summed E-state index contributed by atoms with van der Waals surface area (Å²) in [5.74, 6) is -1.05. The highest BCUT2D eigenvalue weighted by molar-refractivity contribution is 7.16. The molecule has 100 valence electrons. The standard InChI is InChI=1S/C13H12ClNO3S/c1-7(10-5-6-11(14)19-10)15-13(18)12-8(16)3-2-4-9(12)17/h2-7,16-17H,1H3,(H,15,18). The summed E-state index contributed by atoms with van der Waals surface area (Å²) in [6, 6.07) is 7.47. The smallest absolute Gasteiger partial charge is 0.259 e. The summed E-state index contributed by atoms with van der Waals surface area (Å²) in [5, 5.41) is 21.9. The molecule has 0 aliphatic heterocycles. The van der Waals surface area contributed by atoms with Crippen LogP contribution in [0.1, 0.15) is 28.2 Å². The highest BCUT2D eigenvalue weighted by Crippen LogP contribution is 2.29. The first-order valence-electron chi connectivity index (χ1n) is 5.56. The molecular formula is C13H12ClNO3S. The van der Waals surface area contributed by atoms with Crippen LogP contribution in [0.3, 0.4) is 0 Å². The number of carbonyl (C=O) groups is 1. The molecule has 2 aromatic rings. The monoisotopic (exact) mass is 297 g/mol. The fourth-order valence-corrected chi connectivity index (χ4v) is 2.73. The zero-order valence-electron chi connectivity index (χ0n) is 10.1. The fraction of sp³-hybridized carbons (Fsp3) is 0.154. The maximum atomic E-state index is 12.0. The lowest BCUT2D eigenvalue weighted by molar-refractivity contribution is 0.0935. The van der Waals surface area contributed by atoms with Gasteiger partial charge in [0.25, 0.3) is 5.91 Å². The predicted molar refractivity (Wildman–Crippen MR) is 75.0 cm³/mol. The van der Waals surface area contributed by atoms with E-state index in [4.69, 9.17) is 11.6 Å². The maximum Gasteiger partial charge on any atom is 0.259 e. The normalized spacial score (nSPS) is 12.1. The van der Waals surface area contributed by atoms with Gasteiger partial charge in [0.2, 0.25) is 0 Å². The van der Waals surface area contributed by atoms with Crippen LogP contribution in [-0.2, 0) is 0 Å². The number of benzene rings is 1. The lowest BCUT2D eigenvalue weighted by Gasteiger charge is -2.13. The quantitative estimate of drug-likeness (QED) is 0.814. The molecule has 0 radical (unpaired) electrons. The van der Waals surface area contributed by atoms with Crippen molar-refractivity contribution in [2.24, 2.45) is 0 Å². The molecule has 0 bridgehead atoms. The van der Waals surface area contributed by atoms with Gasteiger partial charge in [-0.1, -0.05) is 17.7 Å². The van der Waals surface area contributed by atoms with Crippen LogP contribution in [0.5, 0.6) is 11.5 Å². The van der Waals surface area contributed by atoms with Crippen molar-refractivity contribution in [3.63, 3.8) is 0 Å². The van der Waals surface area contributed by atoms with Gasteiger partial charge in [0.1, 0.15) is 17.1 Å². The number of aromatic hydroxyl groups is 2. The minimum Gasteiger partial charge on any atom is -0.507 e. The lowest BCUT2D eigenvalue weighted by atomic mass is 10.1. The summed E-state index contributed by atoms with van der Waals surface area (Å²) < 4.78 is 0.640. The van der Waals surface area contributed by atoms with Crippen LogP contribution < -0.4 is 5.32 Å². The third kappa shape index (κ3) is 3.00. The van der Waals surface area contributed by atoms with Crippen LogP contribution in [-0.4, -0.2) is 16.1 Å². The van der Waals surface area contributed by atoms with E-state index >= 15 is 0 Å². The number of carbonyl (C=O) groups excluding carboxylic acids is 1. The Kier molecular flexibility index (Phi) is 3.97. The van der Waals surface area contributed by atoms with E-state index in [0.717, 1.165) is 4.88 Å². The number of hydrogen-bond donors (Lipinski definition) is 3. The van der Waals surface area contributed by atoms with Gasteiger partial charge in [-0.2, -0.15) is 0 Å². The van der Waals surface area contributed by atoms with E-state index in [0.29, 0.717) is 4.34 Å². The highest BCUT2D eigenvalue weighted by atomic mass is 35.5. The molecule has 1 aromatic carbocycles. The Morgan fingerprint density at radius 3 is 2.42 bits per heavy atom. The van der Waals surface area contributed by atoms with Crippen LogP contribution >= 0.6 is 22.9 Å². The molecule has 1 atom stereocenters. The molecule has 0 spiro atoms. The molecule has 1 amide bonds. The molecule has 4 nitrogen and oxygen atoms in total. The van der Waals surface area contributed by atoms with Crippen molar-refractivity contribution in [3.05, 3.63) is 45.1 Å². The highest BCUT2D eigenvalue weighted by Gasteiger charge is 2.19. The van der Waals surface area contributed by atoms with Crippen LogP contribution in [0.15, 0.2) is 30.3 Å². The van der Waals surface area contributed by atoms with E-state index in [2.05, 4.69) is 5.32 Å². The average Bonchev–Trinajstić information content (AvgIpc) is 2.75. The number of rotatable bonds is 3. The number of amides is 1. The van der Waals surface area contributed by atoms with Crippen molar-refractivity contribution in [3.8, 4) is 11.5 Å². The van der Waals surface area contributed by atoms with Crippen LogP contribution in [0, 0.1) is 0 Å². The molecular weight excluding hydrogens is 286 g/mol. The summed E-state index contributed by atoms with van der Waals surface area (Å²) in [5.41, 5.74) is -0.128. The van der Waals surface area contributed by atoms with Crippen molar-refractivity contribution in [2.75, 3.05) is 0 Å². The largest absolute Gasteiger partial charge is 0.507 e. The van der Waals surface area contributed by atoms with Gasteiger partial charge < -0.3 is 15.5 Å². The summed E-state index contributed by atoms with van der Waals surface area (Å²) in [6.45, 7) is 1.80. The third-order valence-electron chi connectivity index (χ3n) is 2.62. The molecule has 19 heavy (non-hydrogen) atoms. The van der Waals surface area contributed by atoms with E-state index in [-0.39, 0.29) is 23.1 Å². The van der Waals surface area contributed by atoms with Crippen molar-refractivity contribution >= 4 is 28.8 Å². The van der Waals surface area contributed by atoms with Gasteiger partial charge in [0.15, 0.2) is 0 Å². The lowest BCUT2D eigenvalue weighted by Crippen LogP contribution is -2.26. The summed E-state index contributed by atoms with van der Waals surface area (Å²) in [6.07, 6.45) is 0. The van der Waals surface area contributed by atoms with E-state index in [1.807, 2.05) is 6.07 Å². The Balaban J connectivity index is 2.17. The number of hydrogen-bond acceptors (Lipinski definition) is 4. The van der Waals surface area contributed by atoms with E-state index in [9.17, 15) is 15.0 Å². The Morgan fingerprint density at radius 2 is 1.89 bits per heavy atom. The van der Waals surface area contributed by atoms with E-state index in [1.54, 1.807) is 13.0 Å². The summed E-state index contributed by atoms with van der Waals surface area (Å²) in [7, 11) is 0. The molecule has 0 aliphatic rings. The van der Waals surface area contributed by atoms with Gasteiger partial charge in [-0.3, -0.25) is 4.79 Å². The molecule has 0 aliphatic carbocycles. The number of thiophene rings is 1. The van der Waals surface area contributed by atoms with E-state index in [1.165, 1.54) is 29.5 Å². The van der Waals surface area contributed by atoms with Crippen LogP contribution in [0.25, 0.3) is 0 Å². The number of nitrogens with one attached hydrogen (secondary N) is 1. The molecule has 0 saturated heterocycles. The predicted octanol–water partition coefficient (Wildman–Crippen LogP) is 3.30. The molecule has 1 unspecified atom stereocenters. The van der Waals surface area contributed by atoms with Gasteiger partial charge >= 0.3 is 0 Å². The van der Waals surface area contributed by atoms with Gasteiger partial charge in [0.05, 0.1) is 10.4 Å². The van der Waals surface area contributed by atoms with Gasteiger partial charge in [-0.25, -0.2) is 0 Å². The first-order valence-corrected chi connectivity index (χ1v) is 6.75. The van der Waals surface area contributed by atoms with Gasteiger partial charge in [0, 0.05) is 4.88 Å². The summed E-state index contributed by atoms with van der Waals surface area (Å²) >= 11 is 7.20. The molecule has 1 heterocycles. The van der Waals surface area contributed by atoms with Crippen molar-refractivity contribution in [2.45, 2.75) is 13.0 Å². The average molecular weight is 298 g/mol. The van der Waals surface area contributed by atoms with Gasteiger partial charge in [-0.15, -0.1) is 11.3 Å². The minimum absolute atomic E-state index is 0.128. The zero-order valence-corrected chi connectivity index (χ0v) is 11.6. The Bertz CT molecular complexity index is 591. The molecule has 3 N–H and O–H groups in total. The minimum atomic E-state index is -0.535. The molecule has 1 aromatic heterocycles. The maximum absolute atomic E-state index is 12.0. The second kappa shape index (κ2) is 5.50. The van der Waals surface area contributed by atoms with E-state index < -0.39 is 5.91 Å². The molecule has 6 heteroatoms. The summed E-state index contributed by atoms with van der Waals surface area (Å²) in [4.78, 5) is 12.9. The van der Waals surface area contributed by atoms with Crippen LogP contribution in [0.2, 0.25) is 4.34 Å². The van der Waals surface area contributed by atoms with Crippen molar-refractivity contribution < 1.29 is 15.0 Å². The van der Waals surface area contributed by atoms with Crippen LogP contribution in [0.4, 0.5) is 0 Å². The Morgan fingerprint density at radius 1 is 1.26 bits per heavy atom. The third-order valence-corrected chi connectivity index (χ3v) is 4.03. The first-order chi connectivity index (χ1) is 8.99. The Labute approximate surface area is 119 Å². The zero-order chi connectivity index (χ0) is 14.0. The van der Waals surface area contributed by atoms with Gasteiger partial charge in [-0.05, 0) is 31.2 Å². The number of phenols is 2. The number of halogens is 1.